The van der Waals surface area contributed by atoms with Crippen LogP contribution in [0.5, 0.6) is 0 Å². The topological polar surface area (TPSA) is 130 Å². The number of aliphatic hydroxyl groups is 2. The first-order valence-corrected chi connectivity index (χ1v) is 16.3. The number of carbonyl (C=O) groups excluding carboxylic acids is 2. The molecule has 10 heteroatoms. The first kappa shape index (κ1) is 34.4. The van der Waals surface area contributed by atoms with Gasteiger partial charge in [0, 0.05) is 19.3 Å². The fourth-order valence-electron chi connectivity index (χ4n) is 6.49. The van der Waals surface area contributed by atoms with Crippen molar-refractivity contribution in [1.82, 2.24) is 0 Å². The van der Waals surface area contributed by atoms with Crippen molar-refractivity contribution in [3.05, 3.63) is 144 Å². The highest BCUT2D eigenvalue weighted by Crippen LogP contribution is 2.48. The molecule has 2 aliphatic rings. The third-order valence-corrected chi connectivity index (χ3v) is 9.29. The monoisotopic (exact) mass is 668 g/mol. The van der Waals surface area contributed by atoms with Crippen LogP contribution in [0, 0.1) is 11.8 Å². The molecule has 0 amide bonds. The van der Waals surface area contributed by atoms with E-state index in [0.717, 1.165) is 22.3 Å². The van der Waals surface area contributed by atoms with Crippen LogP contribution in [0.2, 0.25) is 0 Å². The molecular formula is C39H40O10. The molecule has 10 nitrogen and oxygen atoms in total. The fourth-order valence-corrected chi connectivity index (χ4v) is 6.49. The van der Waals surface area contributed by atoms with Crippen LogP contribution in [0.1, 0.15) is 55.4 Å². The van der Waals surface area contributed by atoms with E-state index in [2.05, 4.69) is 0 Å². The summed E-state index contributed by atoms with van der Waals surface area (Å²) >= 11 is 0. The van der Waals surface area contributed by atoms with E-state index >= 15 is 0 Å². The summed E-state index contributed by atoms with van der Waals surface area (Å²) in [6.45, 7) is 2.52. The molecule has 2 saturated heterocycles. The van der Waals surface area contributed by atoms with Gasteiger partial charge in [0.15, 0.2) is 11.2 Å². The molecule has 6 rings (SSSR count). The standard InChI is InChI=1S/C39H40O10/c1-36(42)32(26-38(48-46-36,28-16-7-3-8-17-28)29-18-9-4-10-19-29)34(40)44-24-15-25-45-35(41)33-27-39(49-47-37(33,2)43,30-20-11-5-12-21-30)31-22-13-6-14-23-31/h3-14,16-23,32-33,42-43H,15,24-27H2,1-2H3. The molecule has 256 valence electrons. The first-order chi connectivity index (χ1) is 23.6. The van der Waals surface area contributed by atoms with Gasteiger partial charge in [-0.1, -0.05) is 121 Å². The van der Waals surface area contributed by atoms with Crippen molar-refractivity contribution in [2.75, 3.05) is 13.2 Å². The van der Waals surface area contributed by atoms with Crippen molar-refractivity contribution in [2.24, 2.45) is 11.8 Å². The highest BCUT2D eigenvalue weighted by Gasteiger charge is 2.56. The zero-order chi connectivity index (χ0) is 34.5. The zero-order valence-electron chi connectivity index (χ0n) is 27.4. The minimum atomic E-state index is -1.96. The molecule has 4 atom stereocenters. The largest absolute Gasteiger partial charge is 0.465 e. The number of hydrogen-bond acceptors (Lipinski definition) is 10. The van der Waals surface area contributed by atoms with Crippen molar-refractivity contribution < 1.29 is 48.8 Å². The Bertz CT molecular complexity index is 1490. The van der Waals surface area contributed by atoms with Crippen LogP contribution in [0.4, 0.5) is 0 Å². The van der Waals surface area contributed by atoms with Gasteiger partial charge in [-0.15, -0.1) is 0 Å². The number of benzene rings is 4. The van der Waals surface area contributed by atoms with Crippen molar-refractivity contribution in [3.8, 4) is 0 Å². The van der Waals surface area contributed by atoms with E-state index in [9.17, 15) is 19.8 Å². The second kappa shape index (κ2) is 14.2. The highest BCUT2D eigenvalue weighted by molar-refractivity contribution is 5.75. The van der Waals surface area contributed by atoms with Gasteiger partial charge in [-0.3, -0.25) is 9.59 Å². The lowest BCUT2D eigenvalue weighted by atomic mass is 9.76. The second-order valence-corrected chi connectivity index (χ2v) is 12.8. The molecule has 0 aromatic heterocycles. The molecule has 0 saturated carbocycles. The Morgan fingerprint density at radius 2 is 0.837 bits per heavy atom. The maximum Gasteiger partial charge on any atom is 0.314 e. The van der Waals surface area contributed by atoms with Crippen LogP contribution in [0.15, 0.2) is 121 Å². The maximum atomic E-state index is 13.4. The quantitative estimate of drug-likeness (QED) is 0.123. The smallest absolute Gasteiger partial charge is 0.314 e. The van der Waals surface area contributed by atoms with E-state index in [1.54, 1.807) is 0 Å². The lowest BCUT2D eigenvalue weighted by Crippen LogP contribution is -2.54. The number of hydrogen-bond donors (Lipinski definition) is 2. The Kier molecular flexibility index (Phi) is 9.99. The van der Waals surface area contributed by atoms with Crippen LogP contribution in [0.3, 0.4) is 0 Å². The molecule has 4 unspecified atom stereocenters. The molecule has 0 bridgehead atoms. The average Bonchev–Trinajstić information content (AvgIpc) is 3.13. The SMILES string of the molecule is CC1(O)OOC(c2ccccc2)(c2ccccc2)CC1C(=O)OCCCOC(=O)C1CC(c2ccccc2)(c2ccccc2)OOC1(C)O. The van der Waals surface area contributed by atoms with Crippen LogP contribution >= 0.6 is 0 Å². The Balaban J connectivity index is 1.10. The van der Waals surface area contributed by atoms with Gasteiger partial charge in [0.2, 0.25) is 11.6 Å². The Morgan fingerprint density at radius 1 is 0.551 bits per heavy atom. The van der Waals surface area contributed by atoms with E-state index in [0.29, 0.717) is 0 Å². The minimum Gasteiger partial charge on any atom is -0.465 e. The Hall–Kier alpha value is -4.42. The fraction of sp³-hybridized carbons (Fsp3) is 0.333. The van der Waals surface area contributed by atoms with Crippen molar-refractivity contribution in [3.63, 3.8) is 0 Å². The summed E-state index contributed by atoms with van der Waals surface area (Å²) in [7, 11) is 0. The van der Waals surface area contributed by atoms with Gasteiger partial charge >= 0.3 is 11.9 Å². The molecule has 2 heterocycles. The van der Waals surface area contributed by atoms with E-state index in [-0.39, 0.29) is 32.5 Å². The summed E-state index contributed by atoms with van der Waals surface area (Å²) in [6, 6.07) is 37.4. The van der Waals surface area contributed by atoms with E-state index in [1.165, 1.54) is 13.8 Å². The number of esters is 2. The van der Waals surface area contributed by atoms with Gasteiger partial charge in [0.25, 0.3) is 0 Å². The first-order valence-electron chi connectivity index (χ1n) is 16.3. The van der Waals surface area contributed by atoms with Gasteiger partial charge in [-0.25, -0.2) is 9.78 Å². The lowest BCUT2D eigenvalue weighted by Gasteiger charge is -2.45. The number of rotatable bonds is 10. The maximum absolute atomic E-state index is 13.4. The molecule has 0 radical (unpaired) electrons. The van der Waals surface area contributed by atoms with Gasteiger partial charge in [0.05, 0.1) is 13.2 Å². The molecule has 4 aromatic rings. The number of carbonyl (C=O) groups is 2. The molecule has 2 N–H and O–H groups in total. The van der Waals surface area contributed by atoms with Crippen LogP contribution in [0.25, 0.3) is 0 Å². The van der Waals surface area contributed by atoms with Crippen LogP contribution in [-0.4, -0.2) is 46.9 Å². The third-order valence-electron chi connectivity index (χ3n) is 9.29. The zero-order valence-corrected chi connectivity index (χ0v) is 27.4. The Labute approximate surface area is 285 Å². The Morgan fingerprint density at radius 3 is 1.12 bits per heavy atom. The molecule has 2 fully saturated rings. The summed E-state index contributed by atoms with van der Waals surface area (Å²) in [5, 5.41) is 22.1. The predicted molar refractivity (Wildman–Crippen MR) is 176 cm³/mol. The lowest BCUT2D eigenvalue weighted by molar-refractivity contribution is -0.489. The van der Waals surface area contributed by atoms with Gasteiger partial charge in [-0.2, -0.15) is 9.78 Å². The van der Waals surface area contributed by atoms with E-state index in [1.807, 2.05) is 121 Å². The minimum absolute atomic E-state index is 0.0469. The summed E-state index contributed by atoms with van der Waals surface area (Å²) in [5.41, 5.74) is 0.634. The molecule has 0 spiro atoms. The van der Waals surface area contributed by atoms with Crippen LogP contribution < -0.4 is 0 Å². The molecule has 2 aliphatic heterocycles. The molecule has 0 aliphatic carbocycles. The molecule has 4 aromatic carbocycles. The van der Waals surface area contributed by atoms with Gasteiger partial charge < -0.3 is 19.7 Å². The molecular weight excluding hydrogens is 628 g/mol. The summed E-state index contributed by atoms with van der Waals surface area (Å²) in [5.74, 6) is -7.52. The van der Waals surface area contributed by atoms with Crippen LogP contribution in [-0.2, 0) is 49.8 Å². The average molecular weight is 669 g/mol. The van der Waals surface area contributed by atoms with E-state index in [4.69, 9.17) is 29.0 Å². The van der Waals surface area contributed by atoms with Gasteiger partial charge in [0.1, 0.15) is 11.8 Å². The highest BCUT2D eigenvalue weighted by atomic mass is 17.2. The van der Waals surface area contributed by atoms with Gasteiger partial charge in [-0.05, 0) is 36.1 Å². The van der Waals surface area contributed by atoms with Crippen molar-refractivity contribution in [1.29, 1.82) is 0 Å². The summed E-state index contributed by atoms with van der Waals surface area (Å²) in [6.07, 6.45) is 0.261. The normalized spacial score (nSPS) is 26.0. The van der Waals surface area contributed by atoms with Crippen molar-refractivity contribution >= 4 is 11.9 Å². The summed E-state index contributed by atoms with van der Waals surface area (Å²) < 4.78 is 11.2. The van der Waals surface area contributed by atoms with E-state index < -0.39 is 46.6 Å². The molecule has 49 heavy (non-hydrogen) atoms. The third kappa shape index (κ3) is 7.02. The second-order valence-electron chi connectivity index (χ2n) is 12.8. The predicted octanol–water partition coefficient (Wildman–Crippen LogP) is 5.70. The van der Waals surface area contributed by atoms with Crippen molar-refractivity contribution in [2.45, 2.75) is 55.9 Å². The summed E-state index contributed by atoms with van der Waals surface area (Å²) in [4.78, 5) is 49.7. The number of ether oxygens (including phenoxy) is 2.